The van der Waals surface area contributed by atoms with Gasteiger partial charge in [-0.3, -0.25) is 0 Å². The van der Waals surface area contributed by atoms with Crippen molar-refractivity contribution < 1.29 is 4.74 Å². The second-order valence-corrected chi connectivity index (χ2v) is 3.75. The van der Waals surface area contributed by atoms with Gasteiger partial charge in [-0.05, 0) is 18.1 Å². The summed E-state index contributed by atoms with van der Waals surface area (Å²) < 4.78 is 5.59. The van der Waals surface area contributed by atoms with Crippen LogP contribution in [-0.2, 0) is 11.3 Å². The van der Waals surface area contributed by atoms with E-state index in [-0.39, 0.29) is 0 Å². The molecule has 0 amide bonds. The monoisotopic (exact) mass is 214 g/mol. The summed E-state index contributed by atoms with van der Waals surface area (Å²) in [5, 5.41) is 0. The molecule has 0 radical (unpaired) electrons. The summed E-state index contributed by atoms with van der Waals surface area (Å²) in [7, 11) is 0. The molecule has 0 saturated carbocycles. The highest BCUT2D eigenvalue weighted by atomic mass is 16.5. The molecule has 0 aliphatic carbocycles. The van der Waals surface area contributed by atoms with E-state index in [1.807, 2.05) is 31.2 Å². The molecule has 0 aromatic heterocycles. The Morgan fingerprint density at radius 2 is 2.00 bits per heavy atom. The quantitative estimate of drug-likeness (QED) is 0.653. The van der Waals surface area contributed by atoms with Crippen LogP contribution in [0.2, 0.25) is 0 Å². The molecule has 1 nitrogen and oxygen atoms in total. The fraction of sp³-hybridized carbons (Fsp3) is 0.200. The van der Waals surface area contributed by atoms with Gasteiger partial charge >= 0.3 is 0 Å². The predicted octanol–water partition coefficient (Wildman–Crippen LogP) is 3.89. The molecule has 0 spiro atoms. The fourth-order valence-corrected chi connectivity index (χ4v) is 1.34. The Labute approximate surface area is 97.8 Å². The lowest BCUT2D eigenvalue weighted by atomic mass is 10.2. The van der Waals surface area contributed by atoms with E-state index in [0.717, 1.165) is 11.1 Å². The van der Waals surface area contributed by atoms with E-state index in [9.17, 15) is 0 Å². The summed E-state index contributed by atoms with van der Waals surface area (Å²) >= 11 is 0. The zero-order valence-corrected chi connectivity index (χ0v) is 9.78. The van der Waals surface area contributed by atoms with Crippen LogP contribution in [-0.4, -0.2) is 6.61 Å². The first-order valence-electron chi connectivity index (χ1n) is 5.32. The third-order valence-electron chi connectivity index (χ3n) is 2.07. The van der Waals surface area contributed by atoms with Crippen LogP contribution in [0.25, 0.3) is 0 Å². The highest BCUT2D eigenvalue weighted by Gasteiger charge is 1.94. The molecule has 1 rings (SSSR count). The minimum atomic E-state index is 0.575. The Morgan fingerprint density at radius 3 is 2.56 bits per heavy atom. The molecule has 0 aliphatic rings. The predicted molar refractivity (Wildman–Crippen MR) is 69.2 cm³/mol. The largest absolute Gasteiger partial charge is 0.372 e. The van der Waals surface area contributed by atoms with Crippen molar-refractivity contribution in [1.29, 1.82) is 0 Å². The van der Waals surface area contributed by atoms with Gasteiger partial charge in [-0.1, -0.05) is 61.2 Å². The molecule has 16 heavy (non-hydrogen) atoms. The SMILES string of the molecule is C=C/C(=C\C(=C)C)COCc1ccccc1. The van der Waals surface area contributed by atoms with Gasteiger partial charge < -0.3 is 4.74 Å². The first-order chi connectivity index (χ1) is 7.72. The van der Waals surface area contributed by atoms with Crippen LogP contribution in [0, 0.1) is 0 Å². The van der Waals surface area contributed by atoms with Crippen molar-refractivity contribution in [3.63, 3.8) is 0 Å². The molecule has 1 aromatic rings. The molecular formula is C15H18O. The van der Waals surface area contributed by atoms with Gasteiger partial charge in [0.15, 0.2) is 0 Å². The molecule has 1 aromatic carbocycles. The van der Waals surface area contributed by atoms with E-state index in [1.54, 1.807) is 6.08 Å². The highest BCUT2D eigenvalue weighted by molar-refractivity contribution is 5.26. The van der Waals surface area contributed by atoms with Gasteiger partial charge in [-0.15, -0.1) is 0 Å². The minimum Gasteiger partial charge on any atom is -0.372 e. The van der Waals surface area contributed by atoms with Crippen molar-refractivity contribution in [3.8, 4) is 0 Å². The van der Waals surface area contributed by atoms with Crippen molar-refractivity contribution in [2.45, 2.75) is 13.5 Å². The molecule has 0 N–H and O–H groups in total. The van der Waals surface area contributed by atoms with E-state index < -0.39 is 0 Å². The number of hydrogen-bond donors (Lipinski definition) is 0. The Balaban J connectivity index is 2.40. The number of ether oxygens (including phenoxy) is 1. The van der Waals surface area contributed by atoms with E-state index in [2.05, 4.69) is 25.3 Å². The van der Waals surface area contributed by atoms with Gasteiger partial charge in [0.1, 0.15) is 0 Å². The summed E-state index contributed by atoms with van der Waals surface area (Å²) in [5.41, 5.74) is 3.25. The Kier molecular flexibility index (Phi) is 5.30. The lowest BCUT2D eigenvalue weighted by molar-refractivity contribution is 0.144. The molecule has 0 fully saturated rings. The summed E-state index contributed by atoms with van der Waals surface area (Å²) in [4.78, 5) is 0. The number of hydrogen-bond acceptors (Lipinski definition) is 1. The normalized spacial score (nSPS) is 11.2. The topological polar surface area (TPSA) is 9.23 Å². The van der Waals surface area contributed by atoms with Crippen LogP contribution in [0.4, 0.5) is 0 Å². The second-order valence-electron chi connectivity index (χ2n) is 3.75. The van der Waals surface area contributed by atoms with Crippen molar-refractivity contribution in [2.75, 3.05) is 6.61 Å². The third kappa shape index (κ3) is 4.76. The molecule has 0 unspecified atom stereocenters. The maximum absolute atomic E-state index is 5.59. The van der Waals surface area contributed by atoms with Gasteiger partial charge in [-0.2, -0.15) is 0 Å². The van der Waals surface area contributed by atoms with Crippen LogP contribution in [0.15, 0.2) is 66.8 Å². The first-order valence-corrected chi connectivity index (χ1v) is 5.32. The fourth-order valence-electron chi connectivity index (χ4n) is 1.34. The zero-order chi connectivity index (χ0) is 11.8. The van der Waals surface area contributed by atoms with Crippen molar-refractivity contribution in [1.82, 2.24) is 0 Å². The lowest BCUT2D eigenvalue weighted by Crippen LogP contribution is -1.97. The van der Waals surface area contributed by atoms with Crippen LogP contribution >= 0.6 is 0 Å². The number of rotatable bonds is 6. The van der Waals surface area contributed by atoms with E-state index in [4.69, 9.17) is 4.74 Å². The summed E-state index contributed by atoms with van der Waals surface area (Å²) in [6.07, 6.45) is 3.79. The molecule has 0 heterocycles. The molecule has 1 heteroatoms. The summed E-state index contributed by atoms with van der Waals surface area (Å²) in [6, 6.07) is 10.1. The lowest BCUT2D eigenvalue weighted by Gasteiger charge is -2.05. The van der Waals surface area contributed by atoms with Gasteiger partial charge in [0.05, 0.1) is 13.2 Å². The first kappa shape index (κ1) is 12.5. The standard InChI is InChI=1S/C15H18O/c1-4-14(10-13(2)3)11-16-12-15-8-6-5-7-9-15/h4-10H,1-2,11-12H2,3H3/b14-10+. The third-order valence-corrected chi connectivity index (χ3v) is 2.07. The average Bonchev–Trinajstić information content (AvgIpc) is 2.28. The summed E-state index contributed by atoms with van der Waals surface area (Å²) in [6.45, 7) is 10.7. The number of benzene rings is 1. The van der Waals surface area contributed by atoms with Crippen LogP contribution < -0.4 is 0 Å². The molecule has 84 valence electrons. The Hall–Kier alpha value is -1.60. The Bertz CT molecular complexity index is 374. The minimum absolute atomic E-state index is 0.575. The summed E-state index contributed by atoms with van der Waals surface area (Å²) in [5.74, 6) is 0. The average molecular weight is 214 g/mol. The van der Waals surface area contributed by atoms with Gasteiger partial charge in [0, 0.05) is 0 Å². The molecular weight excluding hydrogens is 196 g/mol. The molecule has 0 aliphatic heterocycles. The maximum atomic E-state index is 5.59. The molecule has 0 bridgehead atoms. The van der Waals surface area contributed by atoms with Gasteiger partial charge in [-0.25, -0.2) is 0 Å². The van der Waals surface area contributed by atoms with Crippen LogP contribution in [0.3, 0.4) is 0 Å². The zero-order valence-electron chi connectivity index (χ0n) is 9.78. The Morgan fingerprint density at radius 1 is 1.31 bits per heavy atom. The van der Waals surface area contributed by atoms with Crippen molar-refractivity contribution in [3.05, 3.63) is 72.4 Å². The van der Waals surface area contributed by atoms with Crippen molar-refractivity contribution in [2.24, 2.45) is 0 Å². The maximum Gasteiger partial charge on any atom is 0.0721 e. The van der Waals surface area contributed by atoms with E-state index in [1.165, 1.54) is 5.56 Å². The smallest absolute Gasteiger partial charge is 0.0721 e. The molecule has 0 atom stereocenters. The van der Waals surface area contributed by atoms with E-state index in [0.29, 0.717) is 13.2 Å². The van der Waals surface area contributed by atoms with Gasteiger partial charge in [0.25, 0.3) is 0 Å². The highest BCUT2D eigenvalue weighted by Crippen LogP contribution is 2.05. The molecule has 0 saturated heterocycles. The van der Waals surface area contributed by atoms with Crippen LogP contribution in [0.1, 0.15) is 12.5 Å². The van der Waals surface area contributed by atoms with Crippen molar-refractivity contribution >= 4 is 0 Å². The van der Waals surface area contributed by atoms with Crippen LogP contribution in [0.5, 0.6) is 0 Å². The van der Waals surface area contributed by atoms with E-state index >= 15 is 0 Å². The van der Waals surface area contributed by atoms with Gasteiger partial charge in [0.2, 0.25) is 0 Å². The second kappa shape index (κ2) is 6.81. The number of allylic oxidation sites excluding steroid dienone is 2.